The molecule has 2 heterocycles. The van der Waals surface area contributed by atoms with E-state index in [0.29, 0.717) is 24.5 Å². The first-order chi connectivity index (χ1) is 12.2. The number of hydrogen-bond acceptors (Lipinski definition) is 7. The third kappa shape index (κ3) is 3.26. The van der Waals surface area contributed by atoms with E-state index in [1.807, 2.05) is 23.1 Å². The lowest BCUT2D eigenvalue weighted by atomic mass is 9.88. The number of anilines is 1. The minimum Gasteiger partial charge on any atom is -0.469 e. The number of hydrogen-bond donors (Lipinski definition) is 0. The van der Waals surface area contributed by atoms with Gasteiger partial charge in [0, 0.05) is 19.0 Å². The van der Waals surface area contributed by atoms with Crippen LogP contribution < -0.4 is 4.90 Å². The van der Waals surface area contributed by atoms with Crippen molar-refractivity contribution in [3.63, 3.8) is 0 Å². The van der Waals surface area contributed by atoms with Crippen molar-refractivity contribution in [3.8, 4) is 12.1 Å². The Labute approximate surface area is 145 Å². The van der Waals surface area contributed by atoms with Crippen molar-refractivity contribution in [1.82, 2.24) is 10.2 Å². The highest BCUT2D eigenvalue weighted by molar-refractivity contribution is 5.75. The molecule has 3 rings (SSSR count). The lowest BCUT2D eigenvalue weighted by molar-refractivity contribution is -0.145. The molecule has 1 saturated heterocycles. The predicted molar refractivity (Wildman–Crippen MR) is 88.4 cm³/mol. The number of methoxy groups -OCH3 is 1. The Morgan fingerprint density at radius 2 is 1.88 bits per heavy atom. The van der Waals surface area contributed by atoms with Gasteiger partial charge in [0.1, 0.15) is 6.07 Å². The number of carbonyl (C=O) groups excluding carboxylic acids is 1. The average molecular weight is 333 g/mol. The summed E-state index contributed by atoms with van der Waals surface area (Å²) in [6, 6.07) is 14.6. The van der Waals surface area contributed by atoms with Crippen LogP contribution in [-0.2, 0) is 9.53 Å². The molecule has 25 heavy (non-hydrogen) atoms. The SMILES string of the molecule is COC(=O)C1CN(c2ccc(C#N)nn2)CC1c1ccc(C#N)cc1. The monoisotopic (exact) mass is 333 g/mol. The molecule has 124 valence electrons. The van der Waals surface area contributed by atoms with Gasteiger partial charge >= 0.3 is 5.97 Å². The first-order valence-electron chi connectivity index (χ1n) is 7.73. The van der Waals surface area contributed by atoms with Crippen LogP contribution in [0.2, 0.25) is 0 Å². The number of esters is 1. The van der Waals surface area contributed by atoms with Crippen LogP contribution in [0, 0.1) is 28.6 Å². The minimum absolute atomic E-state index is 0.0716. The molecule has 2 unspecified atom stereocenters. The van der Waals surface area contributed by atoms with E-state index in [2.05, 4.69) is 16.3 Å². The molecule has 2 aromatic rings. The van der Waals surface area contributed by atoms with Gasteiger partial charge in [0.15, 0.2) is 11.5 Å². The number of aromatic nitrogens is 2. The summed E-state index contributed by atoms with van der Waals surface area (Å²) >= 11 is 0. The quantitative estimate of drug-likeness (QED) is 0.786. The molecule has 2 atom stereocenters. The van der Waals surface area contributed by atoms with Crippen LogP contribution in [0.15, 0.2) is 36.4 Å². The summed E-state index contributed by atoms with van der Waals surface area (Å²) in [6.07, 6.45) is 0. The maximum Gasteiger partial charge on any atom is 0.311 e. The third-order valence-corrected chi connectivity index (χ3v) is 4.38. The van der Waals surface area contributed by atoms with Crippen LogP contribution in [0.4, 0.5) is 5.82 Å². The molecular weight excluding hydrogens is 318 g/mol. The molecule has 0 saturated carbocycles. The molecule has 1 aromatic heterocycles. The molecule has 0 amide bonds. The number of nitriles is 2. The van der Waals surface area contributed by atoms with Gasteiger partial charge in [-0.1, -0.05) is 12.1 Å². The second kappa shape index (κ2) is 6.98. The lowest BCUT2D eigenvalue weighted by Crippen LogP contribution is -2.25. The van der Waals surface area contributed by atoms with Gasteiger partial charge in [-0.05, 0) is 29.8 Å². The molecule has 0 N–H and O–H groups in total. The number of carbonyl (C=O) groups is 1. The van der Waals surface area contributed by atoms with E-state index in [1.165, 1.54) is 7.11 Å². The van der Waals surface area contributed by atoms with Crippen LogP contribution in [0.25, 0.3) is 0 Å². The first kappa shape index (κ1) is 16.4. The smallest absolute Gasteiger partial charge is 0.311 e. The van der Waals surface area contributed by atoms with Gasteiger partial charge in [0.2, 0.25) is 0 Å². The summed E-state index contributed by atoms with van der Waals surface area (Å²) < 4.78 is 4.95. The fourth-order valence-electron chi connectivity index (χ4n) is 3.08. The van der Waals surface area contributed by atoms with Gasteiger partial charge in [-0.3, -0.25) is 4.79 Å². The summed E-state index contributed by atoms with van der Waals surface area (Å²) in [5.41, 5.74) is 1.79. The largest absolute Gasteiger partial charge is 0.469 e. The molecule has 0 spiro atoms. The normalized spacial score (nSPS) is 19.1. The highest BCUT2D eigenvalue weighted by atomic mass is 16.5. The van der Waals surface area contributed by atoms with Gasteiger partial charge in [0.25, 0.3) is 0 Å². The fourth-order valence-corrected chi connectivity index (χ4v) is 3.08. The molecule has 0 aliphatic carbocycles. The van der Waals surface area contributed by atoms with Crippen molar-refractivity contribution in [2.75, 3.05) is 25.1 Å². The zero-order valence-corrected chi connectivity index (χ0v) is 13.6. The van der Waals surface area contributed by atoms with Crippen LogP contribution >= 0.6 is 0 Å². The summed E-state index contributed by atoms with van der Waals surface area (Å²) in [6.45, 7) is 1.03. The number of nitrogens with zero attached hydrogens (tertiary/aromatic N) is 5. The van der Waals surface area contributed by atoms with Crippen molar-refractivity contribution in [3.05, 3.63) is 53.2 Å². The number of rotatable bonds is 3. The third-order valence-electron chi connectivity index (χ3n) is 4.38. The van der Waals surface area contributed by atoms with E-state index in [-0.39, 0.29) is 23.5 Å². The predicted octanol–water partition coefficient (Wildman–Crippen LogP) is 1.61. The Kier molecular flexibility index (Phi) is 4.58. The Morgan fingerprint density at radius 3 is 2.44 bits per heavy atom. The van der Waals surface area contributed by atoms with E-state index in [1.54, 1.807) is 24.3 Å². The van der Waals surface area contributed by atoms with Gasteiger partial charge < -0.3 is 9.64 Å². The van der Waals surface area contributed by atoms with Crippen LogP contribution in [0.3, 0.4) is 0 Å². The van der Waals surface area contributed by atoms with Crippen molar-refractivity contribution in [2.45, 2.75) is 5.92 Å². The molecule has 7 nitrogen and oxygen atoms in total. The average Bonchev–Trinajstić information content (AvgIpc) is 3.13. The topological polar surface area (TPSA) is 103 Å². The standard InChI is InChI=1S/C18H15N5O2/c1-25-18(24)16-11-23(17-7-6-14(9-20)21-22-17)10-15(16)13-4-2-12(8-19)3-5-13/h2-7,15-16H,10-11H2,1H3. The molecule has 1 aliphatic heterocycles. The van der Waals surface area contributed by atoms with Gasteiger partial charge in [-0.15, -0.1) is 10.2 Å². The zero-order chi connectivity index (χ0) is 17.8. The summed E-state index contributed by atoms with van der Waals surface area (Å²) in [4.78, 5) is 14.2. The van der Waals surface area contributed by atoms with E-state index in [9.17, 15) is 4.79 Å². The Balaban J connectivity index is 1.88. The number of ether oxygens (including phenoxy) is 1. The molecule has 7 heteroatoms. The second-order valence-electron chi connectivity index (χ2n) is 5.76. The lowest BCUT2D eigenvalue weighted by Gasteiger charge is -2.16. The molecule has 1 aromatic carbocycles. The van der Waals surface area contributed by atoms with Crippen molar-refractivity contribution < 1.29 is 9.53 Å². The van der Waals surface area contributed by atoms with E-state index in [0.717, 1.165) is 5.56 Å². The zero-order valence-electron chi connectivity index (χ0n) is 13.6. The minimum atomic E-state index is -0.338. The van der Waals surface area contributed by atoms with Crippen LogP contribution in [-0.4, -0.2) is 36.4 Å². The number of benzene rings is 1. The van der Waals surface area contributed by atoms with Crippen molar-refractivity contribution in [2.24, 2.45) is 5.92 Å². The Bertz CT molecular complexity index is 849. The maximum absolute atomic E-state index is 12.2. The molecule has 1 fully saturated rings. The van der Waals surface area contributed by atoms with Crippen molar-refractivity contribution >= 4 is 11.8 Å². The maximum atomic E-state index is 12.2. The summed E-state index contributed by atoms with van der Waals surface area (Å²) in [5, 5.41) is 25.7. The molecular formula is C18H15N5O2. The summed E-state index contributed by atoms with van der Waals surface area (Å²) in [5.74, 6) is -0.0736. The van der Waals surface area contributed by atoms with Gasteiger partial charge in [-0.2, -0.15) is 10.5 Å². The highest BCUT2D eigenvalue weighted by Crippen LogP contribution is 2.35. The molecule has 0 radical (unpaired) electrons. The summed E-state index contributed by atoms with van der Waals surface area (Å²) in [7, 11) is 1.38. The van der Waals surface area contributed by atoms with E-state index >= 15 is 0 Å². The fraction of sp³-hybridized carbons (Fsp3) is 0.278. The molecule has 1 aliphatic rings. The first-order valence-corrected chi connectivity index (χ1v) is 7.73. The van der Waals surface area contributed by atoms with Crippen LogP contribution in [0.1, 0.15) is 22.7 Å². The highest BCUT2D eigenvalue weighted by Gasteiger charge is 2.39. The second-order valence-corrected chi connectivity index (χ2v) is 5.76. The molecule has 0 bridgehead atoms. The van der Waals surface area contributed by atoms with E-state index in [4.69, 9.17) is 15.3 Å². The Morgan fingerprint density at radius 1 is 1.12 bits per heavy atom. The van der Waals surface area contributed by atoms with Gasteiger partial charge in [-0.25, -0.2) is 0 Å². The Hall–Kier alpha value is -3.45. The van der Waals surface area contributed by atoms with Crippen LogP contribution in [0.5, 0.6) is 0 Å². The van der Waals surface area contributed by atoms with E-state index < -0.39 is 0 Å². The van der Waals surface area contributed by atoms with Gasteiger partial charge in [0.05, 0.1) is 24.7 Å². The van der Waals surface area contributed by atoms with Crippen molar-refractivity contribution in [1.29, 1.82) is 10.5 Å².